The van der Waals surface area contributed by atoms with E-state index in [1.165, 1.54) is 11.3 Å². The van der Waals surface area contributed by atoms with Gasteiger partial charge in [0, 0.05) is 20.1 Å². The first-order valence-electron chi connectivity index (χ1n) is 9.05. The highest BCUT2D eigenvalue weighted by atomic mass is 16.2. The number of carbonyl (C=O) groups excluding carboxylic acids is 2. The van der Waals surface area contributed by atoms with Gasteiger partial charge in [-0.25, -0.2) is 4.79 Å². The van der Waals surface area contributed by atoms with E-state index < -0.39 is 0 Å². The van der Waals surface area contributed by atoms with E-state index >= 15 is 0 Å². The average Bonchev–Trinajstić information content (AvgIpc) is 2.88. The van der Waals surface area contributed by atoms with Gasteiger partial charge in [0.1, 0.15) is 0 Å². The van der Waals surface area contributed by atoms with Crippen molar-refractivity contribution in [2.24, 2.45) is 16.7 Å². The van der Waals surface area contributed by atoms with Gasteiger partial charge in [-0.05, 0) is 48.1 Å². The average molecular weight is 343 g/mol. The fourth-order valence-corrected chi connectivity index (χ4v) is 4.76. The molecule has 0 heterocycles. The van der Waals surface area contributed by atoms with Crippen molar-refractivity contribution in [3.63, 3.8) is 0 Å². The van der Waals surface area contributed by atoms with Gasteiger partial charge in [0.05, 0.1) is 11.3 Å². The molecule has 2 aliphatic rings. The summed E-state index contributed by atoms with van der Waals surface area (Å²) in [7, 11) is 3.41. The zero-order valence-electron chi connectivity index (χ0n) is 15.8. The molecule has 2 fully saturated rings. The first-order chi connectivity index (χ1) is 11.7. The zero-order chi connectivity index (χ0) is 18.4. The van der Waals surface area contributed by atoms with Crippen LogP contribution in [0.25, 0.3) is 0 Å². The van der Waals surface area contributed by atoms with Crippen molar-refractivity contribution in [2.45, 2.75) is 46.1 Å². The van der Waals surface area contributed by atoms with E-state index in [0.29, 0.717) is 17.2 Å². The van der Waals surface area contributed by atoms with Crippen LogP contribution in [0, 0.1) is 16.7 Å². The van der Waals surface area contributed by atoms with Gasteiger partial charge in [-0.3, -0.25) is 4.79 Å². The number of hydrogen-bond acceptors (Lipinski definition) is 2. The number of anilines is 1. The zero-order valence-corrected chi connectivity index (χ0v) is 15.8. The standard InChI is InChI=1S/C20H29N3O2/c1-19(2)13-10-11-20(19,3)16(12-13)22-18(25)21-15-9-7-6-8-14(15)17(24)23(4)5/h6-9,13,16H,10-12H2,1-5H3,(H2,21,22,25)/t13-,16-,20-/m1/s1. The molecule has 0 radical (unpaired) electrons. The minimum atomic E-state index is -0.228. The normalized spacial score (nSPS) is 29.3. The molecule has 0 aromatic heterocycles. The van der Waals surface area contributed by atoms with Crippen LogP contribution < -0.4 is 10.6 Å². The van der Waals surface area contributed by atoms with E-state index in [-0.39, 0.29) is 28.8 Å². The highest BCUT2D eigenvalue weighted by Crippen LogP contribution is 2.65. The molecular formula is C20H29N3O2. The molecular weight excluding hydrogens is 314 g/mol. The number of urea groups is 1. The molecule has 5 heteroatoms. The smallest absolute Gasteiger partial charge is 0.319 e. The van der Waals surface area contributed by atoms with E-state index in [9.17, 15) is 9.59 Å². The van der Waals surface area contributed by atoms with E-state index in [4.69, 9.17) is 0 Å². The fraction of sp³-hybridized carbons (Fsp3) is 0.600. The van der Waals surface area contributed by atoms with Crippen LogP contribution >= 0.6 is 0 Å². The van der Waals surface area contributed by atoms with Gasteiger partial charge < -0.3 is 15.5 Å². The Bertz CT molecular complexity index is 698. The Labute approximate surface area is 150 Å². The molecule has 5 nitrogen and oxygen atoms in total. The third-order valence-corrected chi connectivity index (χ3v) is 6.91. The maximum Gasteiger partial charge on any atom is 0.319 e. The summed E-state index contributed by atoms with van der Waals surface area (Å²) in [5.41, 5.74) is 1.44. The minimum Gasteiger partial charge on any atom is -0.345 e. The lowest BCUT2D eigenvalue weighted by Gasteiger charge is -2.39. The second-order valence-electron chi connectivity index (χ2n) is 8.51. The molecule has 3 rings (SSSR count). The van der Waals surface area contributed by atoms with Crippen molar-refractivity contribution in [3.05, 3.63) is 29.8 Å². The van der Waals surface area contributed by atoms with E-state index in [0.717, 1.165) is 12.8 Å². The molecule has 2 aliphatic carbocycles. The molecule has 0 unspecified atom stereocenters. The largest absolute Gasteiger partial charge is 0.345 e. The van der Waals surface area contributed by atoms with Gasteiger partial charge >= 0.3 is 6.03 Å². The van der Waals surface area contributed by atoms with E-state index in [1.54, 1.807) is 32.3 Å². The number of benzene rings is 1. The monoisotopic (exact) mass is 343 g/mol. The first kappa shape index (κ1) is 17.8. The van der Waals surface area contributed by atoms with Crippen LogP contribution in [0.1, 0.15) is 50.4 Å². The number of carbonyl (C=O) groups is 2. The molecule has 2 bridgehead atoms. The van der Waals surface area contributed by atoms with Crippen LogP contribution in [0.15, 0.2) is 24.3 Å². The Morgan fingerprint density at radius 2 is 1.84 bits per heavy atom. The summed E-state index contributed by atoms with van der Waals surface area (Å²) >= 11 is 0. The summed E-state index contributed by atoms with van der Waals surface area (Å²) in [5, 5.41) is 6.06. The lowest BCUT2D eigenvalue weighted by Crippen LogP contribution is -2.48. The molecule has 2 N–H and O–H groups in total. The number of amides is 3. The molecule has 0 spiro atoms. The predicted molar refractivity (Wildman–Crippen MR) is 99.6 cm³/mol. The number of rotatable bonds is 3. The third-order valence-electron chi connectivity index (χ3n) is 6.91. The van der Waals surface area contributed by atoms with Crippen LogP contribution in [-0.4, -0.2) is 37.0 Å². The SMILES string of the molecule is CN(C)C(=O)c1ccccc1NC(=O)N[C@@H]1C[C@H]2CC[C@@]1(C)C2(C)C. The Morgan fingerprint density at radius 1 is 1.16 bits per heavy atom. The van der Waals surface area contributed by atoms with Crippen molar-refractivity contribution >= 4 is 17.6 Å². The lowest BCUT2D eigenvalue weighted by molar-refractivity contribution is 0.0828. The Morgan fingerprint density at radius 3 is 2.40 bits per heavy atom. The topological polar surface area (TPSA) is 61.4 Å². The maximum atomic E-state index is 12.6. The molecule has 3 atom stereocenters. The van der Waals surface area contributed by atoms with Gasteiger partial charge in [0.2, 0.25) is 0 Å². The molecule has 2 saturated carbocycles. The summed E-state index contributed by atoms with van der Waals surface area (Å²) in [6, 6.07) is 7.08. The first-order valence-corrected chi connectivity index (χ1v) is 9.05. The van der Waals surface area contributed by atoms with Gasteiger partial charge in [0.15, 0.2) is 0 Å². The van der Waals surface area contributed by atoms with E-state index in [2.05, 4.69) is 31.4 Å². The molecule has 0 aliphatic heterocycles. The molecule has 0 saturated heterocycles. The summed E-state index contributed by atoms with van der Waals surface area (Å²) < 4.78 is 0. The summed E-state index contributed by atoms with van der Waals surface area (Å²) in [6.45, 7) is 6.96. The van der Waals surface area contributed by atoms with E-state index in [1.807, 2.05) is 6.07 Å². The van der Waals surface area contributed by atoms with Crippen molar-refractivity contribution in [3.8, 4) is 0 Å². The molecule has 1 aromatic carbocycles. The van der Waals surface area contributed by atoms with Gasteiger partial charge in [-0.1, -0.05) is 32.9 Å². The van der Waals surface area contributed by atoms with Crippen molar-refractivity contribution in [1.82, 2.24) is 10.2 Å². The lowest BCUT2D eigenvalue weighted by atomic mass is 9.69. The minimum absolute atomic E-state index is 0.121. The van der Waals surface area contributed by atoms with Crippen LogP contribution in [0.2, 0.25) is 0 Å². The number of hydrogen-bond donors (Lipinski definition) is 2. The summed E-state index contributed by atoms with van der Waals surface area (Å²) in [6.07, 6.45) is 3.45. The molecule has 3 amide bonds. The number of para-hydroxylation sites is 1. The van der Waals surface area contributed by atoms with Crippen molar-refractivity contribution < 1.29 is 9.59 Å². The van der Waals surface area contributed by atoms with Crippen LogP contribution in [0.4, 0.5) is 10.5 Å². The number of nitrogens with one attached hydrogen (secondary N) is 2. The molecule has 136 valence electrons. The van der Waals surface area contributed by atoms with Gasteiger partial charge in [-0.2, -0.15) is 0 Å². The van der Waals surface area contributed by atoms with Crippen molar-refractivity contribution in [2.75, 3.05) is 19.4 Å². The molecule has 25 heavy (non-hydrogen) atoms. The quantitative estimate of drug-likeness (QED) is 0.878. The number of fused-ring (bicyclic) bond motifs is 2. The highest BCUT2D eigenvalue weighted by Gasteiger charge is 2.61. The Hall–Kier alpha value is -2.04. The summed E-state index contributed by atoms with van der Waals surface area (Å²) in [5.74, 6) is 0.550. The van der Waals surface area contributed by atoms with Crippen LogP contribution in [0.3, 0.4) is 0 Å². The second-order valence-corrected chi connectivity index (χ2v) is 8.51. The maximum absolute atomic E-state index is 12.6. The van der Waals surface area contributed by atoms with Crippen molar-refractivity contribution in [1.29, 1.82) is 0 Å². The second kappa shape index (κ2) is 6.04. The Balaban J connectivity index is 1.72. The van der Waals surface area contributed by atoms with Gasteiger partial charge in [0.25, 0.3) is 5.91 Å². The van der Waals surface area contributed by atoms with Crippen LogP contribution in [-0.2, 0) is 0 Å². The fourth-order valence-electron chi connectivity index (χ4n) is 4.76. The molecule has 1 aromatic rings. The Kier molecular flexibility index (Phi) is 4.30. The van der Waals surface area contributed by atoms with Gasteiger partial charge in [-0.15, -0.1) is 0 Å². The number of nitrogens with zero attached hydrogens (tertiary/aromatic N) is 1. The third kappa shape index (κ3) is 2.79. The van der Waals surface area contributed by atoms with Crippen LogP contribution in [0.5, 0.6) is 0 Å². The summed E-state index contributed by atoms with van der Waals surface area (Å²) in [4.78, 5) is 26.4. The predicted octanol–water partition coefficient (Wildman–Crippen LogP) is 3.72. The highest BCUT2D eigenvalue weighted by molar-refractivity contribution is 6.03.